The van der Waals surface area contributed by atoms with Crippen molar-refractivity contribution in [1.82, 2.24) is 0 Å². The van der Waals surface area contributed by atoms with Gasteiger partial charge in [0.15, 0.2) is 0 Å². The smallest absolute Gasteiger partial charge is 0.0181 e. The second-order valence-electron chi connectivity index (χ2n) is 13.1. The van der Waals surface area contributed by atoms with Crippen LogP contribution in [0.1, 0.15) is 64.2 Å². The fraction of sp³-hybridized carbons (Fsp3) is 0.222. The van der Waals surface area contributed by atoms with Gasteiger partial charge in [-0.2, -0.15) is 11.6 Å². The summed E-state index contributed by atoms with van der Waals surface area (Å²) in [6.07, 6.45) is 11.4. The van der Waals surface area contributed by atoms with Crippen LogP contribution >= 0.6 is 0 Å². The second kappa shape index (κ2) is 18.6. The van der Waals surface area contributed by atoms with Crippen molar-refractivity contribution in [3.63, 3.8) is 0 Å². The zero-order valence-corrected chi connectivity index (χ0v) is 32.6. The van der Waals surface area contributed by atoms with E-state index in [0.29, 0.717) is 11.3 Å². The van der Waals surface area contributed by atoms with E-state index in [0.717, 1.165) is 6.42 Å². The molecule has 0 heterocycles. The largest absolute Gasteiger partial charge is 1.00 e. The molecule has 0 aliphatic heterocycles. The Kier molecular flexibility index (Phi) is 15.3. The Morgan fingerprint density at radius 3 is 1.85 bits per heavy atom. The van der Waals surface area contributed by atoms with Gasteiger partial charge in [0.1, 0.15) is 0 Å². The van der Waals surface area contributed by atoms with Crippen LogP contribution in [0.4, 0.5) is 0 Å². The number of fused-ring (bicyclic) bond motifs is 3. The molecule has 5 aromatic carbocycles. The van der Waals surface area contributed by atoms with Gasteiger partial charge in [-0.15, -0.1) is 29.3 Å². The van der Waals surface area contributed by atoms with Crippen molar-refractivity contribution < 1.29 is 49.0 Å². The van der Waals surface area contributed by atoms with Crippen LogP contribution in [-0.4, -0.2) is 3.21 Å². The molecule has 7 rings (SSSR count). The van der Waals surface area contributed by atoms with E-state index in [1.54, 1.807) is 0 Å². The first-order chi connectivity index (χ1) is 22.2. The van der Waals surface area contributed by atoms with Gasteiger partial charge in [-0.1, -0.05) is 147 Å². The van der Waals surface area contributed by atoms with Gasteiger partial charge in [0.25, 0.3) is 0 Å². The maximum atomic E-state index is 3.65. The zero-order valence-electron chi connectivity index (χ0n) is 28.7. The van der Waals surface area contributed by atoms with E-state index in [1.165, 1.54) is 95.9 Å². The molecule has 0 fully saturated rings. The van der Waals surface area contributed by atoms with E-state index >= 15 is 0 Å². The zero-order chi connectivity index (χ0) is 32.5. The summed E-state index contributed by atoms with van der Waals surface area (Å²) >= 11 is 1.51. The fourth-order valence-corrected chi connectivity index (χ4v) is 6.27. The molecule has 0 spiro atoms. The Morgan fingerprint density at radius 1 is 0.729 bits per heavy atom. The quantitative estimate of drug-likeness (QED) is 0.192. The van der Waals surface area contributed by atoms with Crippen LogP contribution in [0.5, 0.6) is 0 Å². The first-order valence-corrected chi connectivity index (χ1v) is 17.7. The summed E-state index contributed by atoms with van der Waals surface area (Å²) < 4.78 is 1.46. The third-order valence-electron chi connectivity index (χ3n) is 8.49. The molecule has 0 nitrogen and oxygen atoms in total. The molecule has 0 amide bonds. The Balaban J connectivity index is 0.000000228. The number of halogens is 2. The second-order valence-corrected chi connectivity index (χ2v) is 15.0. The van der Waals surface area contributed by atoms with Crippen LogP contribution in [0.3, 0.4) is 0 Å². The molecule has 0 saturated heterocycles. The average Bonchev–Trinajstić information content (AvgIpc) is 3.71. The number of rotatable bonds is 5. The van der Waals surface area contributed by atoms with E-state index in [-0.39, 0.29) is 24.8 Å². The molecule has 5 aromatic rings. The van der Waals surface area contributed by atoms with E-state index in [4.69, 9.17) is 0 Å². The number of hydrogen-bond acceptors (Lipinski definition) is 0. The summed E-state index contributed by atoms with van der Waals surface area (Å²) in [6, 6.07) is 46.5. The van der Waals surface area contributed by atoms with Crippen LogP contribution in [0.15, 0.2) is 139 Å². The molecule has 1 atom stereocenters. The van der Waals surface area contributed by atoms with Crippen molar-refractivity contribution in [2.75, 3.05) is 0 Å². The van der Waals surface area contributed by atoms with Crippen molar-refractivity contribution in [1.29, 1.82) is 0 Å². The minimum Gasteiger partial charge on any atom is -1.00 e. The molecule has 0 saturated carbocycles. The van der Waals surface area contributed by atoms with Gasteiger partial charge >= 0.3 is 70.3 Å². The molecule has 0 radical (unpaired) electrons. The monoisotopic (exact) mass is 744 g/mol. The van der Waals surface area contributed by atoms with Crippen molar-refractivity contribution >= 4 is 3.21 Å². The average molecular weight is 747 g/mol. The fourth-order valence-electron chi connectivity index (χ4n) is 5.86. The topological polar surface area (TPSA) is 0 Å². The van der Waals surface area contributed by atoms with Crippen LogP contribution in [-0.2, 0) is 30.7 Å². The first kappa shape index (κ1) is 39.4. The van der Waals surface area contributed by atoms with Gasteiger partial charge in [0.2, 0.25) is 0 Å². The number of benzene rings is 5. The minimum atomic E-state index is 0. The predicted molar refractivity (Wildman–Crippen MR) is 194 cm³/mol. The Labute approximate surface area is 316 Å². The third kappa shape index (κ3) is 10.5. The normalized spacial score (nSPS) is 13.6. The summed E-state index contributed by atoms with van der Waals surface area (Å²) in [7, 11) is 0. The minimum absolute atomic E-state index is 0. The molecule has 0 aromatic heterocycles. The maximum absolute atomic E-state index is 3.65. The first-order valence-electron chi connectivity index (χ1n) is 16.4. The summed E-state index contributed by atoms with van der Waals surface area (Å²) in [5, 5.41) is 0. The molecule has 0 bridgehead atoms. The molecule has 2 aliphatic rings. The summed E-state index contributed by atoms with van der Waals surface area (Å²) in [5.74, 6) is 0.587. The van der Waals surface area contributed by atoms with Gasteiger partial charge in [-0.3, -0.25) is 6.08 Å². The predicted octanol–water partition coefficient (Wildman–Crippen LogP) is 5.92. The number of allylic oxidation sites excluding steroid dienone is 4. The van der Waals surface area contributed by atoms with Crippen LogP contribution in [0, 0.1) is 23.5 Å². The molecule has 1 unspecified atom stereocenters. The number of hydrogen-bond donors (Lipinski definition) is 0. The molecular formula is C45H44Cl2Zr-2. The van der Waals surface area contributed by atoms with Gasteiger partial charge in [-0.25, -0.2) is 6.08 Å². The van der Waals surface area contributed by atoms with Crippen LogP contribution in [0.25, 0.3) is 33.4 Å². The van der Waals surface area contributed by atoms with Crippen molar-refractivity contribution in [3.05, 3.63) is 168 Å². The molecule has 0 N–H and O–H groups in total. The van der Waals surface area contributed by atoms with Crippen molar-refractivity contribution in [2.24, 2.45) is 11.3 Å². The van der Waals surface area contributed by atoms with Crippen LogP contribution in [0.2, 0.25) is 0 Å². The summed E-state index contributed by atoms with van der Waals surface area (Å²) in [4.78, 5) is 0. The molecule has 244 valence electrons. The summed E-state index contributed by atoms with van der Waals surface area (Å²) in [5.41, 5.74) is 13.5. The molecule has 3 heteroatoms. The van der Waals surface area contributed by atoms with Gasteiger partial charge in [-0.05, 0) is 23.1 Å². The maximum Gasteiger partial charge on any atom is -0.0181 e. The van der Waals surface area contributed by atoms with Gasteiger partial charge in [0, 0.05) is 0 Å². The standard InChI is InChI=1S/C25H17.C12H19.C8H8.2ClH.Zr/c1-3-7-18(8-4-1)20-11-13-24-22(15-20)17-23-16-21(12-14-25(23)24)19-9-5-2-6-10-19;1-5-6-10-7-8-11(9-10)12(2,3)4;1-2-8-6-4-3-5-7-8;;;/h1-15H,17H2;8-10H,5-6H2,1-4H3;3-7H,1H3;2*1H;/q2*-1;;;;+2/p-2. The van der Waals surface area contributed by atoms with Gasteiger partial charge < -0.3 is 24.8 Å². The van der Waals surface area contributed by atoms with E-state index in [1.807, 2.05) is 6.07 Å². The summed E-state index contributed by atoms with van der Waals surface area (Å²) in [6.45, 7) is 11.2. The van der Waals surface area contributed by atoms with Crippen LogP contribution < -0.4 is 24.8 Å². The van der Waals surface area contributed by atoms with Crippen molar-refractivity contribution in [2.45, 2.75) is 53.9 Å². The molecule has 2 aliphatic carbocycles. The Morgan fingerprint density at radius 2 is 1.31 bits per heavy atom. The SMILES string of the molecule is CCCC1[C-]=CC(C(C)(C)C)=C1.C[C](=[Zr+2])c1ccccc1.[Cl-].[Cl-].[c-]1c(-c2ccccc2)ccc2c1Cc1cc(-c3ccccc3)ccc1-2. The Hall–Kier alpha value is -3.09. The van der Waals surface area contributed by atoms with Crippen molar-refractivity contribution in [3.8, 4) is 33.4 Å². The third-order valence-corrected chi connectivity index (χ3v) is 9.20. The molecular weight excluding hydrogens is 703 g/mol. The molecule has 48 heavy (non-hydrogen) atoms. The van der Waals surface area contributed by atoms with E-state index in [9.17, 15) is 0 Å². The van der Waals surface area contributed by atoms with E-state index < -0.39 is 0 Å². The van der Waals surface area contributed by atoms with Gasteiger partial charge in [0.05, 0.1) is 0 Å². The van der Waals surface area contributed by atoms with E-state index in [2.05, 4.69) is 174 Å². The Bertz CT molecular complexity index is 1730.